The second-order valence-electron chi connectivity index (χ2n) is 4.03. The average Bonchev–Trinajstić information content (AvgIpc) is 2.91. The molecule has 0 aromatic carbocycles. The van der Waals surface area contributed by atoms with Crippen molar-refractivity contribution in [3.05, 3.63) is 24.0 Å². The molecule has 1 atom stereocenters. The Bertz CT molecular complexity index is 291. The molecule has 3 heteroatoms. The molecule has 1 aliphatic carbocycles. The van der Waals surface area contributed by atoms with Gasteiger partial charge in [-0.1, -0.05) is 0 Å². The Hall–Kier alpha value is -0.800. The summed E-state index contributed by atoms with van der Waals surface area (Å²) in [6, 6.07) is 2.14. The Morgan fingerprint density at radius 3 is 2.93 bits per heavy atom. The maximum atomic E-state index is 5.78. The number of nitrogens with zero attached hydrogens (tertiary/aromatic N) is 1. The predicted octanol–water partition coefficient (Wildman–Crippen LogP) is 1.45. The van der Waals surface area contributed by atoms with Crippen LogP contribution in [0.15, 0.2) is 18.5 Å². The highest BCUT2D eigenvalue weighted by molar-refractivity contribution is 5.16. The molecule has 0 spiro atoms. The van der Waals surface area contributed by atoms with Crippen LogP contribution in [0.2, 0.25) is 0 Å². The van der Waals surface area contributed by atoms with Crippen molar-refractivity contribution < 1.29 is 4.74 Å². The van der Waals surface area contributed by atoms with Crippen LogP contribution in [-0.4, -0.2) is 17.7 Å². The second-order valence-corrected chi connectivity index (χ2v) is 4.03. The summed E-state index contributed by atoms with van der Waals surface area (Å²) in [5.41, 5.74) is 6.75. The van der Waals surface area contributed by atoms with E-state index in [9.17, 15) is 0 Å². The van der Waals surface area contributed by atoms with Gasteiger partial charge in [0.1, 0.15) is 0 Å². The van der Waals surface area contributed by atoms with Crippen molar-refractivity contribution in [1.29, 1.82) is 0 Å². The van der Waals surface area contributed by atoms with E-state index >= 15 is 0 Å². The average molecular weight is 194 g/mol. The highest BCUT2D eigenvalue weighted by atomic mass is 16.5. The van der Waals surface area contributed by atoms with Crippen LogP contribution in [0.1, 0.15) is 24.5 Å². The quantitative estimate of drug-likeness (QED) is 0.770. The van der Waals surface area contributed by atoms with Gasteiger partial charge in [-0.3, -0.25) is 0 Å². The molecule has 0 amide bonds. The number of aromatic nitrogens is 1. The molecule has 0 saturated heterocycles. The monoisotopic (exact) mass is 194 g/mol. The van der Waals surface area contributed by atoms with Crippen molar-refractivity contribution in [3.8, 4) is 0 Å². The second kappa shape index (κ2) is 4.15. The van der Waals surface area contributed by atoms with E-state index in [0.29, 0.717) is 13.2 Å². The van der Waals surface area contributed by atoms with Gasteiger partial charge in [-0.25, -0.2) is 0 Å². The summed E-state index contributed by atoms with van der Waals surface area (Å²) in [4.78, 5) is 0. The Labute approximate surface area is 84.9 Å². The van der Waals surface area contributed by atoms with E-state index in [1.54, 1.807) is 0 Å². The van der Waals surface area contributed by atoms with Gasteiger partial charge in [-0.15, -0.1) is 0 Å². The first-order valence-corrected chi connectivity index (χ1v) is 5.25. The van der Waals surface area contributed by atoms with Crippen molar-refractivity contribution in [2.45, 2.75) is 18.9 Å². The molecule has 3 nitrogen and oxygen atoms in total. The van der Waals surface area contributed by atoms with Gasteiger partial charge in [0, 0.05) is 26.0 Å². The fourth-order valence-corrected chi connectivity index (χ4v) is 1.79. The van der Waals surface area contributed by atoms with Gasteiger partial charge >= 0.3 is 0 Å². The highest BCUT2D eigenvalue weighted by Gasteiger charge is 2.33. The molecule has 1 fully saturated rings. The molecule has 0 radical (unpaired) electrons. The SMILES string of the molecule is Cn1ccc(C(OCCN)C2CC2)c1. The predicted molar refractivity (Wildman–Crippen MR) is 55.9 cm³/mol. The summed E-state index contributed by atoms with van der Waals surface area (Å²) in [6.07, 6.45) is 7.07. The third kappa shape index (κ3) is 2.16. The molecule has 1 heterocycles. The van der Waals surface area contributed by atoms with Crippen LogP contribution < -0.4 is 5.73 Å². The number of ether oxygens (including phenoxy) is 1. The molecular weight excluding hydrogens is 176 g/mol. The van der Waals surface area contributed by atoms with Crippen molar-refractivity contribution in [1.82, 2.24) is 4.57 Å². The standard InChI is InChI=1S/C11H18N2O/c1-13-6-4-10(8-13)11(9-2-3-9)14-7-5-12/h4,6,8-9,11H,2-3,5,7,12H2,1H3. The lowest BCUT2D eigenvalue weighted by molar-refractivity contribution is 0.0425. The third-order valence-electron chi connectivity index (χ3n) is 2.65. The van der Waals surface area contributed by atoms with Crippen LogP contribution in [0.4, 0.5) is 0 Å². The molecular formula is C11H18N2O. The first kappa shape index (κ1) is 9.74. The van der Waals surface area contributed by atoms with E-state index in [1.807, 2.05) is 7.05 Å². The number of aryl methyl sites for hydroxylation is 1. The first-order valence-electron chi connectivity index (χ1n) is 5.25. The maximum absolute atomic E-state index is 5.78. The van der Waals surface area contributed by atoms with Gasteiger partial charge < -0.3 is 15.0 Å². The Morgan fingerprint density at radius 2 is 2.43 bits per heavy atom. The third-order valence-corrected chi connectivity index (χ3v) is 2.65. The van der Waals surface area contributed by atoms with E-state index < -0.39 is 0 Å². The molecule has 0 bridgehead atoms. The lowest BCUT2D eigenvalue weighted by Crippen LogP contribution is -2.13. The van der Waals surface area contributed by atoms with E-state index in [4.69, 9.17) is 10.5 Å². The largest absolute Gasteiger partial charge is 0.372 e. The highest BCUT2D eigenvalue weighted by Crippen LogP contribution is 2.43. The molecule has 2 rings (SSSR count). The van der Waals surface area contributed by atoms with Crippen LogP contribution in [0, 0.1) is 5.92 Å². The topological polar surface area (TPSA) is 40.2 Å². The lowest BCUT2D eigenvalue weighted by atomic mass is 10.1. The molecule has 0 aliphatic heterocycles. The van der Waals surface area contributed by atoms with Crippen molar-refractivity contribution in [3.63, 3.8) is 0 Å². The molecule has 78 valence electrons. The van der Waals surface area contributed by atoms with E-state index in [-0.39, 0.29) is 6.10 Å². The molecule has 1 unspecified atom stereocenters. The summed E-state index contributed by atoms with van der Waals surface area (Å²) in [5.74, 6) is 0.726. The minimum atomic E-state index is 0.278. The smallest absolute Gasteiger partial charge is 0.0868 e. The zero-order valence-electron chi connectivity index (χ0n) is 8.65. The van der Waals surface area contributed by atoms with Crippen LogP contribution >= 0.6 is 0 Å². The van der Waals surface area contributed by atoms with Gasteiger partial charge in [0.25, 0.3) is 0 Å². The van der Waals surface area contributed by atoms with Crippen LogP contribution in [0.3, 0.4) is 0 Å². The number of hydrogen-bond donors (Lipinski definition) is 1. The first-order chi connectivity index (χ1) is 6.81. The summed E-state index contributed by atoms with van der Waals surface area (Å²) < 4.78 is 7.84. The van der Waals surface area contributed by atoms with Crippen LogP contribution in [-0.2, 0) is 11.8 Å². The zero-order chi connectivity index (χ0) is 9.97. The van der Waals surface area contributed by atoms with Gasteiger partial charge in [0.2, 0.25) is 0 Å². The van der Waals surface area contributed by atoms with E-state index in [2.05, 4.69) is 23.0 Å². The van der Waals surface area contributed by atoms with Crippen LogP contribution in [0.5, 0.6) is 0 Å². The van der Waals surface area contributed by atoms with Gasteiger partial charge in [0.15, 0.2) is 0 Å². The Balaban J connectivity index is 2.02. The molecule has 2 N–H and O–H groups in total. The van der Waals surface area contributed by atoms with Gasteiger partial charge in [-0.2, -0.15) is 0 Å². The molecule has 1 aromatic rings. The minimum absolute atomic E-state index is 0.278. The van der Waals surface area contributed by atoms with Crippen LogP contribution in [0.25, 0.3) is 0 Å². The molecule has 1 saturated carbocycles. The maximum Gasteiger partial charge on any atom is 0.0868 e. The Morgan fingerprint density at radius 1 is 1.64 bits per heavy atom. The minimum Gasteiger partial charge on any atom is -0.372 e. The summed E-state index contributed by atoms with van der Waals surface area (Å²) >= 11 is 0. The number of rotatable bonds is 5. The zero-order valence-corrected chi connectivity index (χ0v) is 8.65. The lowest BCUT2D eigenvalue weighted by Gasteiger charge is -2.15. The fraction of sp³-hybridized carbons (Fsp3) is 0.636. The van der Waals surface area contributed by atoms with E-state index in [0.717, 1.165) is 5.92 Å². The summed E-state index contributed by atoms with van der Waals surface area (Å²) in [5, 5.41) is 0. The van der Waals surface area contributed by atoms with Crippen molar-refractivity contribution >= 4 is 0 Å². The molecule has 1 aliphatic rings. The molecule has 1 aromatic heterocycles. The normalized spacial score (nSPS) is 18.4. The summed E-state index contributed by atoms with van der Waals surface area (Å²) in [7, 11) is 2.04. The molecule has 14 heavy (non-hydrogen) atoms. The summed E-state index contributed by atoms with van der Waals surface area (Å²) in [6.45, 7) is 1.27. The Kier molecular flexibility index (Phi) is 2.89. The van der Waals surface area contributed by atoms with Crippen molar-refractivity contribution in [2.24, 2.45) is 18.7 Å². The van der Waals surface area contributed by atoms with Crippen molar-refractivity contribution in [2.75, 3.05) is 13.2 Å². The fourth-order valence-electron chi connectivity index (χ4n) is 1.79. The van der Waals surface area contributed by atoms with Gasteiger partial charge in [0.05, 0.1) is 12.7 Å². The number of nitrogens with two attached hydrogens (primary N) is 1. The number of hydrogen-bond acceptors (Lipinski definition) is 2. The van der Waals surface area contributed by atoms with E-state index in [1.165, 1.54) is 18.4 Å². The van der Waals surface area contributed by atoms with Gasteiger partial charge in [-0.05, 0) is 30.4 Å².